The van der Waals surface area contributed by atoms with Gasteiger partial charge in [-0.3, -0.25) is 4.79 Å². The van der Waals surface area contributed by atoms with E-state index >= 15 is 0 Å². The van der Waals surface area contributed by atoms with Crippen molar-refractivity contribution in [2.75, 3.05) is 5.32 Å². The van der Waals surface area contributed by atoms with Gasteiger partial charge >= 0.3 is 0 Å². The number of phenols is 1. The first kappa shape index (κ1) is 21.9. The minimum atomic E-state index is -3.84. The second-order valence-corrected chi connectivity index (χ2v) is 10.2. The number of aromatic hydroxyl groups is 1. The smallest absolute Gasteiger partial charge is 0.259 e. The molecule has 0 aliphatic carbocycles. The van der Waals surface area contributed by atoms with E-state index < -0.39 is 15.7 Å². The van der Waals surface area contributed by atoms with Crippen LogP contribution in [0.15, 0.2) is 64.4 Å². The summed E-state index contributed by atoms with van der Waals surface area (Å²) in [7, 11) is -3.84. The summed E-state index contributed by atoms with van der Waals surface area (Å²) in [4.78, 5) is 12.7. The van der Waals surface area contributed by atoms with E-state index in [2.05, 4.69) is 5.32 Å². The average Bonchev–Trinajstić information content (AvgIpc) is 2.66. The van der Waals surface area contributed by atoms with E-state index in [1.54, 1.807) is 13.0 Å². The van der Waals surface area contributed by atoms with Gasteiger partial charge in [-0.2, -0.15) is 0 Å². The van der Waals surface area contributed by atoms with Crippen LogP contribution >= 0.6 is 45.8 Å². The van der Waals surface area contributed by atoms with Gasteiger partial charge in [-0.25, -0.2) is 8.42 Å². The number of hydrogen-bond donors (Lipinski definition) is 2. The lowest BCUT2D eigenvalue weighted by atomic mass is 10.1. The molecule has 0 bridgehead atoms. The molecule has 0 aliphatic heterocycles. The van der Waals surface area contributed by atoms with E-state index in [4.69, 9.17) is 23.2 Å². The van der Waals surface area contributed by atoms with Gasteiger partial charge in [0.15, 0.2) is 0 Å². The highest BCUT2D eigenvalue weighted by molar-refractivity contribution is 14.1. The molecule has 0 radical (unpaired) electrons. The molecule has 29 heavy (non-hydrogen) atoms. The lowest BCUT2D eigenvalue weighted by molar-refractivity contribution is 0.102. The number of hydrogen-bond acceptors (Lipinski definition) is 4. The Balaban J connectivity index is 1.98. The molecule has 3 rings (SSSR count). The Hall–Kier alpha value is -1.81. The molecule has 150 valence electrons. The number of benzene rings is 3. The lowest BCUT2D eigenvalue weighted by Crippen LogP contribution is -2.14. The highest BCUT2D eigenvalue weighted by Gasteiger charge is 2.21. The van der Waals surface area contributed by atoms with E-state index in [1.807, 2.05) is 22.6 Å². The minimum absolute atomic E-state index is 0.0393. The molecule has 0 fully saturated rings. The normalized spacial score (nSPS) is 11.3. The Kier molecular flexibility index (Phi) is 6.42. The number of phenolic OH excluding ortho intramolecular Hbond substituents is 1. The van der Waals surface area contributed by atoms with Gasteiger partial charge in [0.05, 0.1) is 26.1 Å². The van der Waals surface area contributed by atoms with Gasteiger partial charge in [-0.15, -0.1) is 0 Å². The molecular formula is C20H14Cl2INO4S. The number of anilines is 1. The maximum Gasteiger partial charge on any atom is 0.259 e. The predicted molar refractivity (Wildman–Crippen MR) is 122 cm³/mol. The Labute approximate surface area is 191 Å². The third-order valence-corrected chi connectivity index (χ3v) is 7.10. The maximum atomic E-state index is 12.9. The molecule has 1 amide bonds. The first-order valence-electron chi connectivity index (χ1n) is 8.20. The van der Waals surface area contributed by atoms with E-state index in [0.29, 0.717) is 10.6 Å². The Morgan fingerprint density at radius 3 is 2.28 bits per heavy atom. The highest BCUT2D eigenvalue weighted by atomic mass is 127. The molecule has 0 spiro atoms. The molecule has 3 aromatic carbocycles. The molecule has 0 heterocycles. The van der Waals surface area contributed by atoms with Gasteiger partial charge in [0.1, 0.15) is 5.75 Å². The van der Waals surface area contributed by atoms with Crippen molar-refractivity contribution in [3.05, 3.63) is 79.3 Å². The summed E-state index contributed by atoms with van der Waals surface area (Å²) in [5.41, 5.74) is 0.728. The standard InChI is InChI=1S/C20H14Cl2INO4S/c1-11-8-13(23)9-16(19(11)25)20(26)24-18-10-15(6-7-17(18)22)29(27,28)14-4-2-12(21)3-5-14/h2-10,25H,1H3,(H,24,26). The van der Waals surface area contributed by atoms with Crippen LogP contribution in [0.3, 0.4) is 0 Å². The van der Waals surface area contributed by atoms with Crippen molar-refractivity contribution in [1.82, 2.24) is 0 Å². The molecule has 9 heteroatoms. The maximum absolute atomic E-state index is 12.9. The van der Waals surface area contributed by atoms with Crippen LogP contribution in [-0.2, 0) is 9.84 Å². The quantitative estimate of drug-likeness (QED) is 0.400. The molecule has 0 saturated carbocycles. The summed E-state index contributed by atoms with van der Waals surface area (Å²) in [6, 6.07) is 13.1. The predicted octanol–water partition coefficient (Wildman–Crippen LogP) is 5.70. The second kappa shape index (κ2) is 8.51. The fourth-order valence-corrected chi connectivity index (χ4v) is 4.97. The number of aryl methyl sites for hydroxylation is 1. The average molecular weight is 562 g/mol. The summed E-state index contributed by atoms with van der Waals surface area (Å²) in [6.45, 7) is 1.68. The van der Waals surface area contributed by atoms with Crippen LogP contribution in [0, 0.1) is 10.5 Å². The third kappa shape index (κ3) is 4.69. The van der Waals surface area contributed by atoms with Gasteiger partial charge in [-0.05, 0) is 89.7 Å². The van der Waals surface area contributed by atoms with E-state index in [-0.39, 0.29) is 31.8 Å². The number of carbonyl (C=O) groups is 1. The molecule has 5 nitrogen and oxygen atoms in total. The zero-order valence-electron chi connectivity index (χ0n) is 14.9. The fourth-order valence-electron chi connectivity index (χ4n) is 2.62. The fraction of sp³-hybridized carbons (Fsp3) is 0.0500. The number of sulfone groups is 1. The third-order valence-electron chi connectivity index (χ3n) is 4.13. The Bertz CT molecular complexity index is 1210. The van der Waals surface area contributed by atoms with Crippen molar-refractivity contribution in [3.63, 3.8) is 0 Å². The zero-order chi connectivity index (χ0) is 21.3. The summed E-state index contributed by atoms with van der Waals surface area (Å²) < 4.78 is 26.5. The number of rotatable bonds is 4. The van der Waals surface area contributed by atoms with Crippen LogP contribution in [0.2, 0.25) is 10.0 Å². The molecule has 0 aliphatic rings. The minimum Gasteiger partial charge on any atom is -0.507 e. The first-order chi connectivity index (χ1) is 13.6. The van der Waals surface area contributed by atoms with Gasteiger partial charge in [-0.1, -0.05) is 23.2 Å². The SMILES string of the molecule is Cc1cc(I)cc(C(=O)Nc2cc(S(=O)(=O)c3ccc(Cl)cc3)ccc2Cl)c1O. The molecule has 0 saturated heterocycles. The summed E-state index contributed by atoms with van der Waals surface area (Å²) >= 11 is 14.0. The van der Waals surface area contributed by atoms with Crippen LogP contribution in [-0.4, -0.2) is 19.4 Å². The first-order valence-corrected chi connectivity index (χ1v) is 11.5. The zero-order valence-corrected chi connectivity index (χ0v) is 19.4. The molecule has 0 atom stereocenters. The number of nitrogens with one attached hydrogen (secondary N) is 1. The van der Waals surface area contributed by atoms with Crippen molar-refractivity contribution in [2.45, 2.75) is 16.7 Å². The van der Waals surface area contributed by atoms with Crippen molar-refractivity contribution < 1.29 is 18.3 Å². The number of carbonyl (C=O) groups excluding carboxylic acids is 1. The van der Waals surface area contributed by atoms with Gasteiger partial charge in [0.25, 0.3) is 5.91 Å². The largest absolute Gasteiger partial charge is 0.507 e. The van der Waals surface area contributed by atoms with Crippen molar-refractivity contribution >= 4 is 67.2 Å². The van der Waals surface area contributed by atoms with Crippen LogP contribution in [0.1, 0.15) is 15.9 Å². The summed E-state index contributed by atoms with van der Waals surface area (Å²) in [5, 5.41) is 13.3. The molecule has 2 N–H and O–H groups in total. The molecule has 3 aromatic rings. The summed E-state index contributed by atoms with van der Waals surface area (Å²) in [5.74, 6) is -0.754. The molecule has 0 aromatic heterocycles. The van der Waals surface area contributed by atoms with Gasteiger partial charge < -0.3 is 10.4 Å². The lowest BCUT2D eigenvalue weighted by Gasteiger charge is -2.12. The van der Waals surface area contributed by atoms with Crippen molar-refractivity contribution in [3.8, 4) is 5.75 Å². The van der Waals surface area contributed by atoms with Gasteiger partial charge in [0, 0.05) is 8.59 Å². The van der Waals surface area contributed by atoms with Crippen LogP contribution < -0.4 is 5.32 Å². The van der Waals surface area contributed by atoms with Gasteiger partial charge in [0.2, 0.25) is 9.84 Å². The van der Waals surface area contributed by atoms with Crippen LogP contribution in [0.5, 0.6) is 5.75 Å². The van der Waals surface area contributed by atoms with E-state index in [1.165, 1.54) is 48.5 Å². The van der Waals surface area contributed by atoms with Crippen LogP contribution in [0.4, 0.5) is 5.69 Å². The Morgan fingerprint density at radius 1 is 1.00 bits per heavy atom. The number of halogens is 3. The molecular weight excluding hydrogens is 548 g/mol. The Morgan fingerprint density at radius 2 is 1.62 bits per heavy atom. The van der Waals surface area contributed by atoms with Crippen molar-refractivity contribution in [1.29, 1.82) is 0 Å². The molecule has 0 unspecified atom stereocenters. The second-order valence-electron chi connectivity index (χ2n) is 6.17. The van der Waals surface area contributed by atoms with Crippen LogP contribution in [0.25, 0.3) is 0 Å². The van der Waals surface area contributed by atoms with E-state index in [0.717, 1.165) is 3.57 Å². The monoisotopic (exact) mass is 561 g/mol. The highest BCUT2D eigenvalue weighted by Crippen LogP contribution is 2.31. The van der Waals surface area contributed by atoms with E-state index in [9.17, 15) is 18.3 Å². The summed E-state index contributed by atoms with van der Waals surface area (Å²) in [6.07, 6.45) is 0. The number of amides is 1. The van der Waals surface area contributed by atoms with Crippen molar-refractivity contribution in [2.24, 2.45) is 0 Å². The topological polar surface area (TPSA) is 83.5 Å².